The Morgan fingerprint density at radius 3 is 1.42 bits per heavy atom. The van der Waals surface area contributed by atoms with Gasteiger partial charge in [-0.3, -0.25) is 43.2 Å². The number of amides is 4. The number of fused-ring (bicyclic) bond motifs is 9. The zero-order chi connectivity index (χ0) is 70.4. The van der Waals surface area contributed by atoms with E-state index in [0.717, 1.165) is 170 Å². The summed E-state index contributed by atoms with van der Waals surface area (Å²) in [6.07, 6.45) is 0.147. The average molecular weight is 1530 g/mol. The van der Waals surface area contributed by atoms with Crippen molar-refractivity contribution in [2.45, 2.75) is 127 Å². The lowest BCUT2D eigenvalue weighted by Gasteiger charge is -2.46. The van der Waals surface area contributed by atoms with Gasteiger partial charge < -0.3 is 29.8 Å². The summed E-state index contributed by atoms with van der Waals surface area (Å²) < 4.78 is 44.2. The lowest BCUT2D eigenvalue weighted by Crippen LogP contribution is -2.60. The Morgan fingerprint density at radius 2 is 0.883 bits per heavy atom. The van der Waals surface area contributed by atoms with Crippen molar-refractivity contribution in [3.63, 3.8) is 0 Å². The van der Waals surface area contributed by atoms with Gasteiger partial charge in [-0.1, -0.05) is 140 Å². The first-order valence-corrected chi connectivity index (χ1v) is 37.9. The number of hydrogen-bond acceptors (Lipinski definition) is 14. The van der Waals surface area contributed by atoms with Crippen LogP contribution in [0.2, 0.25) is 0 Å². The summed E-state index contributed by atoms with van der Waals surface area (Å²) in [5.41, 5.74) is 11.8. The number of benzene rings is 8. The van der Waals surface area contributed by atoms with Crippen molar-refractivity contribution < 1.29 is 52.2 Å². The quantitative estimate of drug-likeness (QED) is 0.166. The highest BCUT2D eigenvalue weighted by atomic mass is 79.9. The van der Waals surface area contributed by atoms with Gasteiger partial charge in [0.2, 0.25) is 23.2 Å². The van der Waals surface area contributed by atoms with Gasteiger partial charge in [-0.15, -0.1) is 47.0 Å². The van der Waals surface area contributed by atoms with Gasteiger partial charge in [0.15, 0.2) is 23.0 Å². The van der Waals surface area contributed by atoms with Crippen molar-refractivity contribution in [2.75, 3.05) is 46.0 Å². The Bertz CT molecular complexity index is 4900. The molecule has 8 aromatic carbocycles. The lowest BCUT2D eigenvalue weighted by molar-refractivity contribution is -0.173. The Balaban J connectivity index is 0.000000136. The first-order chi connectivity index (χ1) is 48.9. The van der Waals surface area contributed by atoms with Crippen molar-refractivity contribution in [3.05, 3.63) is 269 Å². The third-order valence-corrected chi connectivity index (χ3v) is 24.5. The van der Waals surface area contributed by atoms with Crippen LogP contribution in [-0.4, -0.2) is 93.5 Å². The second-order valence-corrected chi connectivity index (χ2v) is 30.1. The van der Waals surface area contributed by atoms with Crippen LogP contribution in [0.1, 0.15) is 159 Å². The van der Waals surface area contributed by atoms with Gasteiger partial charge in [-0.25, -0.2) is 0 Å². The second-order valence-electron chi connectivity index (χ2n) is 25.2. The van der Waals surface area contributed by atoms with E-state index in [2.05, 4.69) is 22.0 Å². The predicted molar refractivity (Wildman–Crippen MR) is 406 cm³/mol. The molecular weight excluding hydrogens is 1450 g/mol. The molecule has 0 bridgehead atoms. The monoisotopic (exact) mass is 1530 g/mol. The molecule has 2 N–H and O–H groups in total. The van der Waals surface area contributed by atoms with Crippen molar-refractivity contribution >= 4 is 115 Å². The molecule has 0 spiro atoms. The number of halogens is 4. The molecule has 23 heteroatoms. The molecule has 1 unspecified atom stereocenters. The van der Waals surface area contributed by atoms with Crippen LogP contribution in [0.4, 0.5) is 30.2 Å². The van der Waals surface area contributed by atoms with Crippen molar-refractivity contribution in [3.8, 4) is 5.75 Å². The van der Waals surface area contributed by atoms with Gasteiger partial charge in [-0.2, -0.15) is 13.2 Å². The molecular formula is C80H74BrF3N6O9S4. The minimum absolute atomic E-state index is 0. The van der Waals surface area contributed by atoms with Gasteiger partial charge in [-0.05, 0) is 131 Å². The average Bonchev–Trinajstić information content (AvgIpc) is 1.42. The first-order valence-electron chi connectivity index (χ1n) is 33.1. The number of pyridine rings is 1. The number of rotatable bonds is 5. The fraction of sp³-hybridized carbons (Fsp3) is 0.263. The van der Waals surface area contributed by atoms with Crippen molar-refractivity contribution in [1.82, 2.24) is 9.58 Å². The van der Waals surface area contributed by atoms with Gasteiger partial charge >= 0.3 is 6.18 Å². The van der Waals surface area contributed by atoms with Gasteiger partial charge in [0.25, 0.3) is 5.91 Å². The minimum Gasteiger partial charge on any atom is -0.502 e. The third-order valence-electron chi connectivity index (χ3n) is 19.3. The number of aromatic hydroxyl groups is 1. The number of carbonyl (C=O) groups is 6. The zero-order valence-corrected chi connectivity index (χ0v) is 59.4. The normalized spacial score (nSPS) is 18.0. The largest absolute Gasteiger partial charge is 0.502 e. The molecule has 103 heavy (non-hydrogen) atoms. The SMILES string of the molecule is C.C.C[C@@H](N1CN([C@@H]2c3ccccc3SCc3c2cccc3N2CCCC2=O)n2ccc(=O)c(O)c2C1=O)C(F)(F)F.O=C1CCCN1c1cccc2c1CSc1ccccc1C2O.O=C1c2ccccc2SCc2c(Br)cccc21.O=C1c2ccccc2SCc2c1cccc2N1CCCC1=O. The predicted octanol–water partition coefficient (Wildman–Crippen LogP) is 17.1. The van der Waals surface area contributed by atoms with E-state index in [1.165, 1.54) is 10.9 Å². The van der Waals surface area contributed by atoms with Crippen LogP contribution in [0.25, 0.3) is 0 Å². The van der Waals surface area contributed by atoms with E-state index in [0.29, 0.717) is 36.5 Å². The fourth-order valence-corrected chi connectivity index (χ4v) is 19.3. The summed E-state index contributed by atoms with van der Waals surface area (Å²) in [5.74, 6) is 1.39. The Kier molecular flexibility index (Phi) is 22.4. The molecule has 4 amide bonds. The highest BCUT2D eigenvalue weighted by Crippen LogP contribution is 2.48. The van der Waals surface area contributed by atoms with Crippen LogP contribution in [0.5, 0.6) is 5.75 Å². The van der Waals surface area contributed by atoms with E-state index in [4.69, 9.17) is 0 Å². The van der Waals surface area contributed by atoms with Gasteiger partial charge in [0.05, 0.1) is 6.04 Å². The number of hydrogen-bond donors (Lipinski definition) is 2. The van der Waals surface area contributed by atoms with Crippen molar-refractivity contribution in [2.24, 2.45) is 0 Å². The summed E-state index contributed by atoms with van der Waals surface area (Å²) in [7, 11) is 0. The smallest absolute Gasteiger partial charge is 0.408 e. The molecule has 9 aromatic rings. The van der Waals surface area contributed by atoms with Crippen LogP contribution < -0.4 is 25.1 Å². The van der Waals surface area contributed by atoms with E-state index in [1.54, 1.807) is 57.0 Å². The molecule has 530 valence electrons. The maximum absolute atomic E-state index is 14.0. The number of carbonyl (C=O) groups excluding carboxylic acids is 6. The maximum Gasteiger partial charge on any atom is 0.408 e. The molecule has 0 radical (unpaired) electrons. The molecule has 3 fully saturated rings. The second kappa shape index (κ2) is 31.2. The van der Waals surface area contributed by atoms with Gasteiger partial charge in [0.1, 0.15) is 18.8 Å². The molecule has 1 aromatic heterocycles. The lowest BCUT2D eigenvalue weighted by atomic mass is 9.93. The number of aliphatic hydroxyl groups is 1. The molecule has 9 heterocycles. The van der Waals surface area contributed by atoms with Crippen LogP contribution >= 0.6 is 63.0 Å². The molecule has 8 aliphatic rings. The van der Waals surface area contributed by atoms with Crippen LogP contribution in [0.15, 0.2) is 211 Å². The highest BCUT2D eigenvalue weighted by Gasteiger charge is 2.48. The number of thioether (sulfide) groups is 4. The molecule has 8 aliphatic heterocycles. The fourth-order valence-electron chi connectivity index (χ4n) is 14.2. The number of anilines is 3. The zero-order valence-electron chi connectivity index (χ0n) is 54.5. The standard InChI is InChI=1S/C28H25F3N4O4S.C18H17NO2S.C18H15NO2S.C14H9BrOS.2CH4/c1-16(28(29,30)31)33-15-35(34-13-11-21(36)26(38)25(34)27(33)39)24-17-7-4-8-20(32-12-5-10-23(32)37)19(17)14-40-22-9-3-2-6-18(22)24;2*20-17-9-4-10-19(17)15-7-3-6-12-14(15)11-22-16-8-2-1-5-13(16)18(12)21;15-12-6-3-5-9-11(12)8-17-13-7-2-1-4-10(13)14(9)16;;/h2-4,6-9,11,13,16,24,38H,5,10,12,14-15H2,1H3;1-3,5-8,18,21H,4,9-11H2;1-3,5-8H,4,9-11H2;1-7H,8H2;2*1H4/t16-,24+;;;;;/m1...../s1. The number of alkyl halides is 3. The van der Waals surface area contributed by atoms with E-state index in [-0.39, 0.29) is 44.1 Å². The molecule has 3 atom stereocenters. The maximum atomic E-state index is 14.0. The summed E-state index contributed by atoms with van der Waals surface area (Å²) in [6, 6.07) is 52.3. The molecule has 15 nitrogen and oxygen atoms in total. The number of ketones is 2. The summed E-state index contributed by atoms with van der Waals surface area (Å²) in [5, 5.41) is 23.0. The summed E-state index contributed by atoms with van der Waals surface area (Å²) in [6.45, 7) is 2.52. The van der Waals surface area contributed by atoms with Crippen LogP contribution in [-0.2, 0) is 37.4 Å². The topological polar surface area (TPSA) is 181 Å². The van der Waals surface area contributed by atoms with E-state index >= 15 is 0 Å². The molecule has 3 saturated heterocycles. The Labute approximate surface area is 620 Å². The number of nitrogens with zero attached hydrogens (tertiary/aromatic N) is 6. The highest BCUT2D eigenvalue weighted by molar-refractivity contribution is 9.10. The number of aliphatic hydroxyl groups excluding tert-OH is 1. The van der Waals surface area contributed by atoms with Crippen LogP contribution in [0.3, 0.4) is 0 Å². The third kappa shape index (κ3) is 14.4. The number of aromatic nitrogens is 1. The van der Waals surface area contributed by atoms with E-state index in [9.17, 15) is 56.9 Å². The first kappa shape index (κ1) is 73.9. The van der Waals surface area contributed by atoms with Crippen LogP contribution in [0, 0.1) is 0 Å². The summed E-state index contributed by atoms with van der Waals surface area (Å²) >= 11 is 10.2. The minimum atomic E-state index is -4.74. The van der Waals surface area contributed by atoms with Gasteiger partial charge in [0, 0.05) is 138 Å². The van der Waals surface area contributed by atoms with Crippen molar-refractivity contribution in [1.29, 1.82) is 0 Å². The summed E-state index contributed by atoms with van der Waals surface area (Å²) in [4.78, 5) is 98.1. The Morgan fingerprint density at radius 1 is 0.476 bits per heavy atom. The molecule has 0 saturated carbocycles. The van der Waals surface area contributed by atoms with E-state index < -0.39 is 53.8 Å². The Hall–Kier alpha value is -8.84. The van der Waals surface area contributed by atoms with E-state index in [1.807, 2.05) is 174 Å². The molecule has 0 aliphatic carbocycles. The molecule has 17 rings (SSSR count).